The summed E-state index contributed by atoms with van der Waals surface area (Å²) >= 11 is 0. The van der Waals surface area contributed by atoms with Crippen molar-refractivity contribution in [2.45, 2.75) is 23.6 Å². The van der Waals surface area contributed by atoms with Gasteiger partial charge in [0.1, 0.15) is 9.79 Å². The Balaban J connectivity index is 0.00000292. The molecule has 0 unspecified atom stereocenters. The maximum atomic E-state index is 13.1. The molecular formula is C34H25N5Na2O8S2. The summed E-state index contributed by atoms with van der Waals surface area (Å²) in [4.78, 5) is -0.877. The Bertz CT molecular complexity index is 2640. The molecule has 6 aromatic rings. The molecule has 0 aromatic heterocycles. The molecule has 0 radical (unpaired) electrons. The molecule has 0 saturated carbocycles. The van der Waals surface area contributed by atoms with Crippen molar-refractivity contribution in [2.75, 3.05) is 5.73 Å². The van der Waals surface area contributed by atoms with Gasteiger partial charge in [0.15, 0.2) is 0 Å². The molecule has 0 spiro atoms. The molecule has 6 rings (SSSR count). The van der Waals surface area contributed by atoms with Crippen LogP contribution in [0.15, 0.2) is 121 Å². The average Bonchev–Trinajstić information content (AvgIpc) is 3.03. The predicted octanol–water partition coefficient (Wildman–Crippen LogP) is 1.34. The summed E-state index contributed by atoms with van der Waals surface area (Å²) in [5.41, 5.74) is 9.70. The summed E-state index contributed by atoms with van der Waals surface area (Å²) in [6, 6.07) is 22.7. The first kappa shape index (κ1) is 40.0. The minimum absolute atomic E-state index is 0. The number of hydrogen-bond acceptors (Lipinski definition) is 11. The maximum absolute atomic E-state index is 13.1. The van der Waals surface area contributed by atoms with E-state index in [0.717, 1.165) is 22.8 Å². The van der Waals surface area contributed by atoms with Crippen LogP contribution >= 0.6 is 0 Å². The van der Waals surface area contributed by atoms with Gasteiger partial charge >= 0.3 is 59.1 Å². The third-order valence-corrected chi connectivity index (χ3v) is 9.66. The molecule has 0 aliphatic heterocycles. The van der Waals surface area contributed by atoms with Gasteiger partial charge in [-0.1, -0.05) is 54.0 Å². The molecule has 0 amide bonds. The largest absolute Gasteiger partial charge is 1.00 e. The zero-order valence-electron chi connectivity index (χ0n) is 27.7. The Morgan fingerprint density at radius 3 is 1.73 bits per heavy atom. The Morgan fingerprint density at radius 1 is 0.608 bits per heavy atom. The molecular weight excluding hydrogens is 717 g/mol. The van der Waals surface area contributed by atoms with Gasteiger partial charge in [0.05, 0.1) is 22.7 Å². The van der Waals surface area contributed by atoms with Crippen molar-refractivity contribution in [3.05, 3.63) is 102 Å². The molecule has 0 bridgehead atoms. The monoisotopic (exact) mass is 741 g/mol. The number of nitrogen functional groups attached to an aromatic ring is 1. The van der Waals surface area contributed by atoms with Crippen LogP contribution in [0.3, 0.4) is 0 Å². The van der Waals surface area contributed by atoms with Gasteiger partial charge in [0, 0.05) is 21.8 Å². The number of nitrogens with two attached hydrogens (primary N) is 1. The number of benzene rings is 6. The van der Waals surface area contributed by atoms with Gasteiger partial charge < -0.3 is 15.9 Å². The molecule has 0 fully saturated rings. The first-order chi connectivity index (χ1) is 23.1. The smallest absolute Gasteiger partial charge is 0.871 e. The first-order valence-corrected chi connectivity index (χ1v) is 17.3. The number of rotatable bonds is 7. The van der Waals surface area contributed by atoms with Gasteiger partial charge in [-0.3, -0.25) is 9.11 Å². The van der Waals surface area contributed by atoms with E-state index in [1.807, 2.05) is 25.1 Å². The number of anilines is 1. The van der Waals surface area contributed by atoms with Gasteiger partial charge in [-0.2, -0.15) is 37.3 Å². The SMILES string of the molecule is Cc1cc(-c2ccc(N=Nc3c([O-])ccc4cccc(S(=O)(=O)O)c34)c(C)c2)ccc1N=Nc1ccc2c(S(=O)(=O)O)ccc(N)c2c1[O-].[Na+].[Na+]. The van der Waals surface area contributed by atoms with Gasteiger partial charge in [0.2, 0.25) is 0 Å². The number of aryl methyl sites for hydroxylation is 2. The van der Waals surface area contributed by atoms with E-state index in [0.29, 0.717) is 22.3 Å². The normalized spacial score (nSPS) is 12.0. The summed E-state index contributed by atoms with van der Waals surface area (Å²) in [5, 5.41) is 42.7. The Hall–Kier alpha value is -3.74. The predicted molar refractivity (Wildman–Crippen MR) is 181 cm³/mol. The van der Waals surface area contributed by atoms with Crippen LogP contribution in [0.5, 0.6) is 11.5 Å². The Kier molecular flexibility index (Phi) is 12.1. The van der Waals surface area contributed by atoms with Crippen LogP contribution in [0.4, 0.5) is 28.4 Å². The molecule has 0 heterocycles. The second-order valence-corrected chi connectivity index (χ2v) is 13.9. The van der Waals surface area contributed by atoms with Crippen molar-refractivity contribution < 1.29 is 95.3 Å². The fraction of sp³-hybridized carbons (Fsp3) is 0.0588. The summed E-state index contributed by atoms with van der Waals surface area (Å²) in [7, 11) is -9.23. The number of fused-ring (bicyclic) bond motifs is 2. The van der Waals surface area contributed by atoms with Crippen LogP contribution in [0, 0.1) is 13.8 Å². The molecule has 0 aliphatic rings. The standard InChI is InChI=1S/C34H27N5O8S2.2Na/c1-18-16-21(6-11-25(18)36-38-27-13-9-23-29(48(42,43)44)15-10-24(35)32(23)34(27)41)22-7-12-26(19(2)17-22)37-39-33-28(40)14-8-20-4-3-5-30(31(20)33)49(45,46)47;;/h3-17,40-41H,35H2,1-2H3,(H,42,43,44)(H,45,46,47);;/q;2*+1/p-2. The van der Waals surface area contributed by atoms with Crippen molar-refractivity contribution in [1.29, 1.82) is 0 Å². The van der Waals surface area contributed by atoms with Crippen molar-refractivity contribution in [3.8, 4) is 22.6 Å². The van der Waals surface area contributed by atoms with Crippen LogP contribution in [0.1, 0.15) is 11.1 Å². The maximum Gasteiger partial charge on any atom is 1.00 e. The summed E-state index contributed by atoms with van der Waals surface area (Å²) < 4.78 is 66.8. The van der Waals surface area contributed by atoms with E-state index in [1.165, 1.54) is 42.5 Å². The zero-order valence-corrected chi connectivity index (χ0v) is 33.3. The van der Waals surface area contributed by atoms with E-state index in [9.17, 15) is 36.2 Å². The summed E-state index contributed by atoms with van der Waals surface area (Å²) in [6.07, 6.45) is 0. The van der Waals surface area contributed by atoms with Crippen molar-refractivity contribution in [2.24, 2.45) is 20.5 Å². The minimum Gasteiger partial charge on any atom is -0.871 e. The van der Waals surface area contributed by atoms with E-state index < -0.39 is 41.5 Å². The van der Waals surface area contributed by atoms with Crippen LogP contribution in [-0.2, 0) is 20.2 Å². The van der Waals surface area contributed by atoms with Crippen LogP contribution in [0.2, 0.25) is 0 Å². The van der Waals surface area contributed by atoms with E-state index in [2.05, 4.69) is 20.5 Å². The van der Waals surface area contributed by atoms with Crippen molar-refractivity contribution in [1.82, 2.24) is 0 Å². The average molecular weight is 742 g/mol. The summed E-state index contributed by atoms with van der Waals surface area (Å²) in [6.45, 7) is 3.61. The van der Waals surface area contributed by atoms with Gasteiger partial charge in [-0.05, 0) is 90.0 Å². The van der Waals surface area contributed by atoms with Crippen LogP contribution < -0.4 is 75.1 Å². The van der Waals surface area contributed by atoms with Crippen molar-refractivity contribution in [3.63, 3.8) is 0 Å². The Labute approximate surface area is 337 Å². The van der Waals surface area contributed by atoms with E-state index >= 15 is 0 Å². The van der Waals surface area contributed by atoms with Crippen molar-refractivity contribution >= 4 is 70.2 Å². The summed E-state index contributed by atoms with van der Waals surface area (Å²) in [5.74, 6) is -1.20. The van der Waals surface area contributed by atoms with Gasteiger partial charge in [-0.25, -0.2) is 0 Å². The quantitative estimate of drug-likeness (QED) is 0.0927. The second-order valence-electron chi connectivity index (χ2n) is 11.1. The first-order valence-electron chi connectivity index (χ1n) is 14.4. The molecule has 51 heavy (non-hydrogen) atoms. The second kappa shape index (κ2) is 15.5. The fourth-order valence-corrected chi connectivity index (χ4v) is 6.85. The number of hydrogen-bond donors (Lipinski definition) is 3. The minimum atomic E-state index is -4.64. The fourth-order valence-electron chi connectivity index (χ4n) is 5.43. The van der Waals surface area contributed by atoms with Gasteiger partial charge in [-0.15, -0.1) is 0 Å². The molecule has 0 saturated heterocycles. The number of nitrogens with zero attached hydrogens (tertiary/aromatic N) is 4. The molecule has 248 valence electrons. The zero-order chi connectivity index (χ0) is 35.2. The third kappa shape index (κ3) is 8.18. The molecule has 0 aliphatic carbocycles. The van der Waals surface area contributed by atoms with Crippen LogP contribution in [-0.4, -0.2) is 25.9 Å². The third-order valence-electron chi connectivity index (χ3n) is 7.85. The molecule has 17 heteroatoms. The molecule has 6 aromatic carbocycles. The van der Waals surface area contributed by atoms with Gasteiger partial charge in [0.25, 0.3) is 20.2 Å². The van der Waals surface area contributed by atoms with E-state index in [-0.39, 0.29) is 92.3 Å². The Morgan fingerprint density at radius 2 is 1.16 bits per heavy atom. The van der Waals surface area contributed by atoms with E-state index in [1.54, 1.807) is 31.2 Å². The molecule has 13 nitrogen and oxygen atoms in total. The molecule has 4 N–H and O–H groups in total. The van der Waals surface area contributed by atoms with E-state index in [4.69, 9.17) is 5.73 Å². The molecule has 0 atom stereocenters. The topological polar surface area (TPSA) is 230 Å². The van der Waals surface area contributed by atoms with Crippen LogP contribution in [0.25, 0.3) is 32.7 Å². The number of azo groups is 2.